The van der Waals surface area contributed by atoms with Crippen molar-refractivity contribution in [2.45, 2.75) is 4.90 Å². The van der Waals surface area contributed by atoms with Gasteiger partial charge in [0, 0.05) is 44.3 Å². The van der Waals surface area contributed by atoms with Crippen LogP contribution in [0.1, 0.15) is 22.8 Å². The lowest BCUT2D eigenvalue weighted by Crippen LogP contribution is -2.14. The molecule has 9 nitrogen and oxygen atoms in total. The van der Waals surface area contributed by atoms with Gasteiger partial charge in [0.05, 0.1) is 60.3 Å². The van der Waals surface area contributed by atoms with Crippen LogP contribution in [-0.4, -0.2) is 52.9 Å². The van der Waals surface area contributed by atoms with E-state index in [0.717, 1.165) is 16.6 Å². The zero-order chi connectivity index (χ0) is 43.9. The van der Waals surface area contributed by atoms with Gasteiger partial charge in [-0.2, -0.15) is 0 Å². The van der Waals surface area contributed by atoms with Crippen molar-refractivity contribution < 1.29 is 36.6 Å². The van der Waals surface area contributed by atoms with Crippen molar-refractivity contribution in [2.24, 2.45) is 5.73 Å². The monoisotopic (exact) mass is 865 g/mol. The Morgan fingerprint density at radius 3 is 1.13 bits per heavy atom. The number of aromatic amines is 2. The number of nitrogens with zero attached hydrogens (tertiary/aromatic N) is 2. The summed E-state index contributed by atoms with van der Waals surface area (Å²) in [4.78, 5) is 27.6. The summed E-state index contributed by atoms with van der Waals surface area (Å²) < 4.78 is 81.3. The average Bonchev–Trinajstić information content (AvgIpc) is 4.16. The van der Waals surface area contributed by atoms with Crippen LogP contribution in [0.3, 0.4) is 0 Å². The van der Waals surface area contributed by atoms with Crippen molar-refractivity contribution in [1.29, 1.82) is 0 Å². The third-order valence-corrected chi connectivity index (χ3v) is 11.8. The molecule has 2 aliphatic heterocycles. The summed E-state index contributed by atoms with van der Waals surface area (Å²) in [7, 11) is 4.72. The number of carbonyl (C=O) groups excluding carboxylic acids is 1. The fraction of sp³-hybridized carbons (Fsp3) is 0.0816. The van der Waals surface area contributed by atoms with Crippen molar-refractivity contribution in [3.63, 3.8) is 0 Å². The van der Waals surface area contributed by atoms with Crippen LogP contribution in [0.25, 0.3) is 90.9 Å². The number of halogens is 4. The number of methoxy groups -OCH3 is 3. The molecule has 3 aromatic heterocycles. The molecule has 7 aromatic rings. The molecule has 5 heterocycles. The Labute approximate surface area is 361 Å². The van der Waals surface area contributed by atoms with Gasteiger partial charge in [0.2, 0.25) is 5.91 Å². The number of primary amides is 1. The number of carbonyl (C=O) groups is 1. The quantitative estimate of drug-likeness (QED) is 0.0709. The Morgan fingerprint density at radius 1 is 0.492 bits per heavy atom. The number of hydrogen-bond donors (Lipinski definition) is 3. The van der Waals surface area contributed by atoms with Gasteiger partial charge in [0.25, 0.3) is 0 Å². The van der Waals surface area contributed by atoms with Gasteiger partial charge in [-0.15, -0.1) is 11.8 Å². The second-order valence-electron chi connectivity index (χ2n) is 14.4. The maximum Gasteiger partial charge on any atom is 0.227 e. The summed E-state index contributed by atoms with van der Waals surface area (Å²) in [5.41, 5.74) is 11.7. The van der Waals surface area contributed by atoms with E-state index in [4.69, 9.17) is 29.9 Å². The van der Waals surface area contributed by atoms with Crippen LogP contribution in [-0.2, 0) is 4.79 Å². The molecule has 0 fully saturated rings. The standard InChI is InChI=1S/C49H35F4N5O4S/c1-60-28-10-4-25(5-11-28)40-31-16-18-33(55-31)41(26-6-12-29(61-2)13-7-26)35-20-22-37(57-35)43(44-45(50)47(52)49(48(53)46(44)51)63-24-39(54)59)38-23-21-36(58-38)42(34-19-17-32(40)56-34)27-8-14-30(62-3)15-9-27/h4-23,55,58H,24H2,1-3H3,(H2,54,59). The highest BCUT2D eigenvalue weighted by Crippen LogP contribution is 2.42. The molecule has 0 unspecified atom stereocenters. The van der Waals surface area contributed by atoms with Gasteiger partial charge >= 0.3 is 0 Å². The molecule has 0 atom stereocenters. The summed E-state index contributed by atoms with van der Waals surface area (Å²) in [6, 6.07) is 29.3. The number of amides is 1. The van der Waals surface area contributed by atoms with Crippen LogP contribution in [0.2, 0.25) is 0 Å². The maximum absolute atomic E-state index is 16.5. The van der Waals surface area contributed by atoms with Gasteiger partial charge in [-0.05, 0) is 102 Å². The SMILES string of the molecule is COc1ccc(-c2c3nc(c(-c4ccc(OC)cc4)c4ccc([nH]4)c(-c4c(F)c(F)c(SCC(N)=O)c(F)c4F)c4nc(c(-c5ccc(OC)cc5)c5ccc2[nH]5)C=C4)C=C3)cc1. The van der Waals surface area contributed by atoms with Crippen LogP contribution in [0.4, 0.5) is 17.6 Å². The molecule has 63 heavy (non-hydrogen) atoms. The number of benzene rings is 4. The number of fused-ring (bicyclic) bond motifs is 8. The molecule has 4 aromatic carbocycles. The second kappa shape index (κ2) is 16.7. The minimum atomic E-state index is -1.68. The summed E-state index contributed by atoms with van der Waals surface area (Å²) in [5, 5.41) is 0. The molecule has 1 amide bonds. The predicted octanol–water partition coefficient (Wildman–Crippen LogP) is 11.5. The Kier molecular flexibility index (Phi) is 10.8. The number of nitrogens with two attached hydrogens (primary N) is 1. The zero-order valence-electron chi connectivity index (χ0n) is 33.8. The lowest BCUT2D eigenvalue weighted by Gasteiger charge is -2.13. The van der Waals surface area contributed by atoms with Gasteiger partial charge < -0.3 is 29.9 Å². The molecule has 0 saturated heterocycles. The molecule has 4 N–H and O–H groups in total. The fourth-order valence-electron chi connectivity index (χ4n) is 7.75. The van der Waals surface area contributed by atoms with Gasteiger partial charge in [0.15, 0.2) is 23.3 Å². The molecule has 8 bridgehead atoms. The van der Waals surface area contributed by atoms with E-state index >= 15 is 17.6 Å². The van der Waals surface area contributed by atoms with E-state index in [2.05, 4.69) is 9.97 Å². The van der Waals surface area contributed by atoms with Gasteiger partial charge in [0.1, 0.15) is 17.2 Å². The Balaban J connectivity index is 1.45. The van der Waals surface area contributed by atoms with E-state index in [1.807, 2.05) is 72.8 Å². The number of rotatable bonds is 10. The van der Waals surface area contributed by atoms with Crippen LogP contribution in [0.5, 0.6) is 17.2 Å². The van der Waals surface area contributed by atoms with Gasteiger partial charge in [-0.25, -0.2) is 27.5 Å². The van der Waals surface area contributed by atoms with Crippen LogP contribution < -0.4 is 19.9 Å². The van der Waals surface area contributed by atoms with E-state index in [1.54, 1.807) is 63.8 Å². The van der Waals surface area contributed by atoms with Gasteiger partial charge in [-0.3, -0.25) is 4.79 Å². The Hall–Kier alpha value is -7.58. The molecular formula is C49H35F4N5O4S. The van der Waals surface area contributed by atoms with E-state index in [9.17, 15) is 4.79 Å². The first-order valence-corrected chi connectivity index (χ1v) is 20.4. The minimum absolute atomic E-state index is 0.00243. The number of hydrogen-bond acceptors (Lipinski definition) is 7. The highest BCUT2D eigenvalue weighted by molar-refractivity contribution is 8.00. The molecule has 0 aliphatic carbocycles. The summed E-state index contributed by atoms with van der Waals surface area (Å²) in [6.45, 7) is 0. The first kappa shape index (κ1) is 40.8. The first-order valence-electron chi connectivity index (χ1n) is 19.4. The normalized spacial score (nSPS) is 11.9. The van der Waals surface area contributed by atoms with Crippen LogP contribution in [0.15, 0.2) is 102 Å². The molecule has 9 rings (SSSR count). The number of H-pyrrole nitrogens is 2. The Bertz CT molecular complexity index is 3120. The summed E-state index contributed by atoms with van der Waals surface area (Å²) in [6.07, 6.45) is 6.99. The highest BCUT2D eigenvalue weighted by atomic mass is 32.2. The molecule has 314 valence electrons. The van der Waals surface area contributed by atoms with Crippen molar-refractivity contribution >= 4 is 64.0 Å². The van der Waals surface area contributed by atoms with E-state index in [-0.39, 0.29) is 28.5 Å². The van der Waals surface area contributed by atoms with Gasteiger partial charge in [-0.1, -0.05) is 36.4 Å². The minimum Gasteiger partial charge on any atom is -0.497 e. The number of nitrogens with one attached hydrogen (secondary N) is 2. The highest BCUT2D eigenvalue weighted by Gasteiger charge is 2.30. The smallest absolute Gasteiger partial charge is 0.227 e. The van der Waals surface area contributed by atoms with E-state index < -0.39 is 45.4 Å². The topological polar surface area (TPSA) is 128 Å². The number of aromatic nitrogens is 4. The number of ether oxygens (including phenoxy) is 3. The Morgan fingerprint density at radius 2 is 0.810 bits per heavy atom. The zero-order valence-corrected chi connectivity index (χ0v) is 34.6. The van der Waals surface area contributed by atoms with Crippen LogP contribution >= 0.6 is 11.8 Å². The summed E-state index contributed by atoms with van der Waals surface area (Å²) >= 11 is 0.262. The predicted molar refractivity (Wildman–Crippen MR) is 240 cm³/mol. The molecule has 0 spiro atoms. The largest absolute Gasteiger partial charge is 0.497 e. The van der Waals surface area contributed by atoms with Crippen molar-refractivity contribution in [3.8, 4) is 61.8 Å². The van der Waals surface area contributed by atoms with Crippen molar-refractivity contribution in [2.75, 3.05) is 27.1 Å². The molecule has 0 radical (unpaired) electrons. The van der Waals surface area contributed by atoms with Crippen molar-refractivity contribution in [3.05, 3.63) is 143 Å². The third kappa shape index (κ3) is 7.48. The lowest BCUT2D eigenvalue weighted by atomic mass is 10.0. The second-order valence-corrected chi connectivity index (χ2v) is 15.4. The maximum atomic E-state index is 16.5. The van der Waals surface area contributed by atoms with Crippen LogP contribution in [0, 0.1) is 23.3 Å². The number of thioether (sulfide) groups is 1. The third-order valence-electron chi connectivity index (χ3n) is 10.7. The first-order chi connectivity index (χ1) is 30.6. The summed E-state index contributed by atoms with van der Waals surface area (Å²) in [5.74, 6) is -6.35. The average molecular weight is 866 g/mol. The van der Waals surface area contributed by atoms with Crippen molar-refractivity contribution in [1.82, 2.24) is 19.9 Å². The molecule has 0 saturated carbocycles. The molecule has 2 aliphatic rings. The molecule has 14 heteroatoms. The fourth-order valence-corrected chi connectivity index (χ4v) is 8.47. The molecular weight excluding hydrogens is 831 g/mol. The lowest BCUT2D eigenvalue weighted by molar-refractivity contribution is -0.115. The van der Waals surface area contributed by atoms with E-state index in [0.29, 0.717) is 67.6 Å². The van der Waals surface area contributed by atoms with E-state index in [1.165, 1.54) is 6.08 Å².